The molecule has 0 saturated carbocycles. The normalized spacial score (nSPS) is 10.4. The second-order valence-electron chi connectivity index (χ2n) is 3.76. The van der Waals surface area contributed by atoms with Crippen LogP contribution in [-0.2, 0) is 6.42 Å². The number of hydrogen-bond acceptors (Lipinski definition) is 2. The molecule has 2 aromatic rings. The number of hydrogen-bond donors (Lipinski definition) is 1. The van der Waals surface area contributed by atoms with Crippen molar-refractivity contribution in [2.24, 2.45) is 0 Å². The number of aromatic nitrogens is 2. The summed E-state index contributed by atoms with van der Waals surface area (Å²) in [7, 11) is 0. The van der Waals surface area contributed by atoms with Gasteiger partial charge in [-0.25, -0.2) is 4.98 Å². The third-order valence-electron chi connectivity index (χ3n) is 2.67. The molecule has 0 unspecified atom stereocenters. The van der Waals surface area contributed by atoms with Gasteiger partial charge in [-0.2, -0.15) is 0 Å². The van der Waals surface area contributed by atoms with Gasteiger partial charge < -0.3 is 4.98 Å². The van der Waals surface area contributed by atoms with Crippen molar-refractivity contribution < 1.29 is 4.79 Å². The number of aromatic amines is 1. The molecule has 0 radical (unpaired) electrons. The van der Waals surface area contributed by atoms with Gasteiger partial charge in [0.2, 0.25) is 0 Å². The first-order chi connectivity index (χ1) is 7.74. The van der Waals surface area contributed by atoms with Crippen molar-refractivity contribution in [1.82, 2.24) is 9.97 Å². The number of aryl methyl sites for hydroxylation is 2. The summed E-state index contributed by atoms with van der Waals surface area (Å²) in [5.41, 5.74) is 3.59. The van der Waals surface area contributed by atoms with E-state index in [1.807, 2.05) is 19.1 Å². The molecule has 0 bridgehead atoms. The van der Waals surface area contributed by atoms with Crippen LogP contribution >= 0.6 is 0 Å². The van der Waals surface area contributed by atoms with Crippen molar-refractivity contribution in [2.45, 2.75) is 20.3 Å². The van der Waals surface area contributed by atoms with Crippen molar-refractivity contribution in [3.8, 4) is 11.4 Å². The average Bonchev–Trinajstić information content (AvgIpc) is 2.71. The lowest BCUT2D eigenvalue weighted by Crippen LogP contribution is -1.84. The number of benzene rings is 1. The largest absolute Gasteiger partial charge is 0.341 e. The smallest absolute Gasteiger partial charge is 0.170 e. The van der Waals surface area contributed by atoms with Crippen LogP contribution in [0.5, 0.6) is 0 Å². The number of carbonyl (C=O) groups is 1. The Labute approximate surface area is 94.5 Å². The highest BCUT2D eigenvalue weighted by Gasteiger charge is 2.06. The summed E-state index contributed by atoms with van der Waals surface area (Å²) in [5, 5.41) is 0. The van der Waals surface area contributed by atoms with Crippen LogP contribution in [0.15, 0.2) is 24.3 Å². The minimum absolute atomic E-state index is 0.481. The Balaban J connectivity index is 2.38. The number of aldehydes is 1. The van der Waals surface area contributed by atoms with E-state index < -0.39 is 0 Å². The van der Waals surface area contributed by atoms with Crippen molar-refractivity contribution in [3.05, 3.63) is 41.2 Å². The van der Waals surface area contributed by atoms with Gasteiger partial charge in [0.25, 0.3) is 0 Å². The lowest BCUT2D eigenvalue weighted by atomic mass is 10.1. The van der Waals surface area contributed by atoms with E-state index >= 15 is 0 Å². The summed E-state index contributed by atoms with van der Waals surface area (Å²) in [6.45, 7) is 3.97. The number of nitrogens with zero attached hydrogens (tertiary/aromatic N) is 1. The molecule has 0 saturated heterocycles. The van der Waals surface area contributed by atoms with E-state index in [-0.39, 0.29) is 0 Å². The monoisotopic (exact) mass is 214 g/mol. The van der Waals surface area contributed by atoms with Crippen LogP contribution in [0.25, 0.3) is 11.4 Å². The Kier molecular flexibility index (Phi) is 2.86. The van der Waals surface area contributed by atoms with Crippen LogP contribution in [0, 0.1) is 6.92 Å². The van der Waals surface area contributed by atoms with Crippen molar-refractivity contribution in [3.63, 3.8) is 0 Å². The molecule has 2 rings (SSSR count). The minimum Gasteiger partial charge on any atom is -0.341 e. The molecule has 1 N–H and O–H groups in total. The van der Waals surface area contributed by atoms with E-state index in [0.29, 0.717) is 5.69 Å². The first-order valence-electron chi connectivity index (χ1n) is 5.35. The van der Waals surface area contributed by atoms with Crippen LogP contribution in [-0.4, -0.2) is 16.3 Å². The molecule has 1 aromatic heterocycles. The fourth-order valence-electron chi connectivity index (χ4n) is 1.62. The molecule has 0 atom stereocenters. The molecule has 3 nitrogen and oxygen atoms in total. The Hall–Kier alpha value is -1.90. The van der Waals surface area contributed by atoms with Gasteiger partial charge in [0, 0.05) is 11.3 Å². The van der Waals surface area contributed by atoms with Gasteiger partial charge >= 0.3 is 0 Å². The number of nitrogens with one attached hydrogen (secondary N) is 1. The fraction of sp³-hybridized carbons (Fsp3) is 0.231. The summed E-state index contributed by atoms with van der Waals surface area (Å²) in [4.78, 5) is 18.0. The zero-order chi connectivity index (χ0) is 11.5. The molecule has 1 aromatic carbocycles. The summed E-state index contributed by atoms with van der Waals surface area (Å²) in [6.07, 6.45) is 1.80. The molecule has 0 aliphatic rings. The first-order valence-corrected chi connectivity index (χ1v) is 5.35. The van der Waals surface area contributed by atoms with Gasteiger partial charge in [-0.1, -0.05) is 31.2 Å². The first kappa shape index (κ1) is 10.6. The predicted molar refractivity (Wildman–Crippen MR) is 63.5 cm³/mol. The second-order valence-corrected chi connectivity index (χ2v) is 3.76. The van der Waals surface area contributed by atoms with Crippen LogP contribution in [0.4, 0.5) is 0 Å². The van der Waals surface area contributed by atoms with E-state index in [0.717, 1.165) is 29.8 Å². The standard InChI is InChI=1S/C13H14N2O/c1-3-10-4-6-11(7-5-10)13-14-9(2)12(8-16)15-13/h4-8H,3H2,1-2H3,(H,14,15). The van der Waals surface area contributed by atoms with Crippen LogP contribution in [0.3, 0.4) is 0 Å². The average molecular weight is 214 g/mol. The molecule has 0 aliphatic carbocycles. The van der Waals surface area contributed by atoms with E-state index in [1.165, 1.54) is 5.56 Å². The summed E-state index contributed by atoms with van der Waals surface area (Å²) < 4.78 is 0. The molecule has 16 heavy (non-hydrogen) atoms. The number of rotatable bonds is 3. The van der Waals surface area contributed by atoms with E-state index in [9.17, 15) is 4.79 Å². The Morgan fingerprint density at radius 1 is 1.31 bits per heavy atom. The summed E-state index contributed by atoms with van der Waals surface area (Å²) in [5.74, 6) is 0.752. The molecule has 0 amide bonds. The molecule has 82 valence electrons. The molecule has 0 fully saturated rings. The Morgan fingerprint density at radius 3 is 2.50 bits per heavy atom. The lowest BCUT2D eigenvalue weighted by Gasteiger charge is -1.98. The highest BCUT2D eigenvalue weighted by atomic mass is 16.1. The van der Waals surface area contributed by atoms with Gasteiger partial charge in [0.1, 0.15) is 11.5 Å². The number of H-pyrrole nitrogens is 1. The zero-order valence-corrected chi connectivity index (χ0v) is 9.45. The molecule has 0 spiro atoms. The maximum absolute atomic E-state index is 10.7. The zero-order valence-electron chi connectivity index (χ0n) is 9.45. The van der Waals surface area contributed by atoms with Crippen LogP contribution in [0.1, 0.15) is 28.7 Å². The van der Waals surface area contributed by atoms with Crippen LogP contribution in [0.2, 0.25) is 0 Å². The van der Waals surface area contributed by atoms with E-state index in [1.54, 1.807) is 0 Å². The highest BCUT2D eigenvalue weighted by molar-refractivity contribution is 5.75. The highest BCUT2D eigenvalue weighted by Crippen LogP contribution is 2.18. The Bertz CT molecular complexity index is 497. The van der Waals surface area contributed by atoms with E-state index in [4.69, 9.17) is 0 Å². The van der Waals surface area contributed by atoms with E-state index in [2.05, 4.69) is 29.0 Å². The number of carbonyl (C=O) groups excluding carboxylic acids is 1. The molecule has 1 heterocycles. The lowest BCUT2D eigenvalue weighted by molar-refractivity contribution is 0.111. The SMILES string of the molecule is CCc1ccc(-c2nc(C=O)c(C)[nH]2)cc1. The Morgan fingerprint density at radius 2 is 2.00 bits per heavy atom. The second kappa shape index (κ2) is 4.31. The molecule has 0 aliphatic heterocycles. The molecular formula is C13H14N2O. The summed E-state index contributed by atoms with van der Waals surface area (Å²) in [6, 6.07) is 8.19. The third kappa shape index (κ3) is 1.89. The van der Waals surface area contributed by atoms with Crippen molar-refractivity contribution in [2.75, 3.05) is 0 Å². The van der Waals surface area contributed by atoms with Gasteiger partial charge in [0.05, 0.1) is 0 Å². The van der Waals surface area contributed by atoms with Crippen molar-refractivity contribution in [1.29, 1.82) is 0 Å². The van der Waals surface area contributed by atoms with Crippen LogP contribution < -0.4 is 0 Å². The fourth-order valence-corrected chi connectivity index (χ4v) is 1.62. The van der Waals surface area contributed by atoms with Gasteiger partial charge in [-0.15, -0.1) is 0 Å². The predicted octanol–water partition coefficient (Wildman–Crippen LogP) is 2.76. The van der Waals surface area contributed by atoms with Crippen molar-refractivity contribution >= 4 is 6.29 Å². The maximum Gasteiger partial charge on any atom is 0.170 e. The molecule has 3 heteroatoms. The maximum atomic E-state index is 10.7. The summed E-state index contributed by atoms with van der Waals surface area (Å²) >= 11 is 0. The van der Waals surface area contributed by atoms with Gasteiger partial charge in [0.15, 0.2) is 6.29 Å². The minimum atomic E-state index is 0.481. The van der Waals surface area contributed by atoms with Gasteiger partial charge in [-0.3, -0.25) is 4.79 Å². The van der Waals surface area contributed by atoms with Gasteiger partial charge in [-0.05, 0) is 18.9 Å². The molecular weight excluding hydrogens is 200 g/mol. The quantitative estimate of drug-likeness (QED) is 0.798. The third-order valence-corrected chi connectivity index (χ3v) is 2.67. The topological polar surface area (TPSA) is 45.8 Å². The number of imidazole rings is 1.